The molecule has 0 fully saturated rings. The average Bonchev–Trinajstić information content (AvgIpc) is 2.14. The van der Waals surface area contributed by atoms with Gasteiger partial charge in [-0.25, -0.2) is 0 Å². The predicted molar refractivity (Wildman–Crippen MR) is 55.8 cm³/mol. The van der Waals surface area contributed by atoms with Crippen molar-refractivity contribution < 1.29 is 17.2 Å². The van der Waals surface area contributed by atoms with Crippen molar-refractivity contribution in [3.63, 3.8) is 0 Å². The number of para-hydroxylation sites is 1. The van der Waals surface area contributed by atoms with Gasteiger partial charge in [-0.15, -0.1) is 12.3 Å². The van der Waals surface area contributed by atoms with Crippen molar-refractivity contribution in [2.24, 2.45) is 0 Å². The Hall–Kier alpha value is -1.51. The second kappa shape index (κ2) is 4.82. The first-order chi connectivity index (χ1) is 7.03. The van der Waals surface area contributed by atoms with Crippen LogP contribution in [0.1, 0.15) is 12.0 Å². The van der Waals surface area contributed by atoms with Gasteiger partial charge in [0.25, 0.3) is 0 Å². The lowest BCUT2D eigenvalue weighted by Gasteiger charge is -2.06. The zero-order valence-corrected chi connectivity index (χ0v) is 8.70. The topological polar surface area (TPSA) is 63.6 Å². The lowest BCUT2D eigenvalue weighted by Crippen LogP contribution is -2.08. The normalized spacial score (nSPS) is 10.7. The second-order valence-electron chi connectivity index (χ2n) is 2.82. The number of aryl methyl sites for hydroxylation is 1. The van der Waals surface area contributed by atoms with E-state index in [0.29, 0.717) is 18.4 Å². The number of hydrogen-bond donors (Lipinski definition) is 1. The van der Waals surface area contributed by atoms with Gasteiger partial charge in [-0.3, -0.25) is 4.55 Å². The lowest BCUT2D eigenvalue weighted by atomic mass is 10.1. The second-order valence-corrected chi connectivity index (χ2v) is 3.85. The fourth-order valence-corrected chi connectivity index (χ4v) is 1.50. The Morgan fingerprint density at radius 1 is 1.40 bits per heavy atom. The minimum atomic E-state index is -4.48. The van der Waals surface area contributed by atoms with Gasteiger partial charge in [0.1, 0.15) is 5.75 Å². The zero-order valence-electron chi connectivity index (χ0n) is 7.88. The monoisotopic (exact) mass is 226 g/mol. The first kappa shape index (κ1) is 11.6. The van der Waals surface area contributed by atoms with E-state index < -0.39 is 10.4 Å². The van der Waals surface area contributed by atoms with E-state index in [1.165, 1.54) is 6.07 Å². The minimum absolute atomic E-state index is 0.107. The van der Waals surface area contributed by atoms with E-state index in [2.05, 4.69) is 10.1 Å². The maximum absolute atomic E-state index is 10.5. The van der Waals surface area contributed by atoms with E-state index in [-0.39, 0.29) is 5.75 Å². The van der Waals surface area contributed by atoms with Crippen LogP contribution in [0.3, 0.4) is 0 Å². The molecular formula is C10H10O4S. The van der Waals surface area contributed by atoms with Crippen molar-refractivity contribution in [3.8, 4) is 18.1 Å². The largest absolute Gasteiger partial charge is 0.446 e. The van der Waals surface area contributed by atoms with Crippen LogP contribution in [-0.4, -0.2) is 13.0 Å². The molecular weight excluding hydrogens is 216 g/mol. The Morgan fingerprint density at radius 2 is 2.07 bits per heavy atom. The molecule has 0 aliphatic rings. The molecule has 0 atom stereocenters. The van der Waals surface area contributed by atoms with Crippen LogP contribution in [0.15, 0.2) is 24.3 Å². The van der Waals surface area contributed by atoms with Crippen LogP contribution < -0.4 is 4.18 Å². The third-order valence-electron chi connectivity index (χ3n) is 1.71. The molecule has 0 spiro atoms. The van der Waals surface area contributed by atoms with Gasteiger partial charge in [0.15, 0.2) is 0 Å². The summed E-state index contributed by atoms with van der Waals surface area (Å²) in [6, 6.07) is 6.50. The quantitative estimate of drug-likeness (QED) is 0.623. The summed E-state index contributed by atoms with van der Waals surface area (Å²) < 4.78 is 34.0. The van der Waals surface area contributed by atoms with Crippen molar-refractivity contribution >= 4 is 10.4 Å². The molecule has 0 saturated heterocycles. The lowest BCUT2D eigenvalue weighted by molar-refractivity contribution is 0.385. The summed E-state index contributed by atoms with van der Waals surface area (Å²) in [4.78, 5) is 0. The average molecular weight is 226 g/mol. The summed E-state index contributed by atoms with van der Waals surface area (Å²) in [5, 5.41) is 0. The summed E-state index contributed by atoms with van der Waals surface area (Å²) >= 11 is 0. The molecule has 4 nitrogen and oxygen atoms in total. The van der Waals surface area contributed by atoms with Gasteiger partial charge in [-0.1, -0.05) is 18.2 Å². The van der Waals surface area contributed by atoms with E-state index in [9.17, 15) is 8.42 Å². The Bertz CT molecular complexity index is 470. The Kier molecular flexibility index (Phi) is 3.72. The molecule has 0 heterocycles. The van der Waals surface area contributed by atoms with E-state index in [1.807, 2.05) is 0 Å². The minimum Gasteiger partial charge on any atom is -0.362 e. The van der Waals surface area contributed by atoms with E-state index >= 15 is 0 Å². The third kappa shape index (κ3) is 4.02. The molecule has 0 amide bonds. The van der Waals surface area contributed by atoms with Gasteiger partial charge >= 0.3 is 10.4 Å². The van der Waals surface area contributed by atoms with Crippen molar-refractivity contribution in [3.05, 3.63) is 29.8 Å². The van der Waals surface area contributed by atoms with Gasteiger partial charge in [-0.2, -0.15) is 8.42 Å². The molecule has 15 heavy (non-hydrogen) atoms. The molecule has 0 saturated carbocycles. The van der Waals surface area contributed by atoms with Crippen LogP contribution in [0.2, 0.25) is 0 Å². The number of terminal acetylenes is 1. The van der Waals surface area contributed by atoms with E-state index in [1.54, 1.807) is 18.2 Å². The zero-order chi connectivity index (χ0) is 11.3. The van der Waals surface area contributed by atoms with Gasteiger partial charge in [0.2, 0.25) is 0 Å². The highest BCUT2D eigenvalue weighted by Crippen LogP contribution is 2.20. The standard InChI is InChI=1S/C10H10O4S/c1-2-3-6-9-7-4-5-8-10(9)14-15(11,12)13/h1,4-5,7-8H,3,6H2,(H,11,12,13). The first-order valence-electron chi connectivity index (χ1n) is 4.21. The van der Waals surface area contributed by atoms with Crippen molar-refractivity contribution in [1.82, 2.24) is 0 Å². The number of benzene rings is 1. The molecule has 1 rings (SSSR count). The van der Waals surface area contributed by atoms with Crippen LogP contribution in [0.25, 0.3) is 0 Å². The third-order valence-corrected chi connectivity index (χ3v) is 2.10. The molecule has 0 unspecified atom stereocenters. The molecule has 0 aliphatic heterocycles. The molecule has 0 radical (unpaired) electrons. The molecule has 1 aromatic rings. The van der Waals surface area contributed by atoms with Gasteiger partial charge in [0, 0.05) is 6.42 Å². The maximum atomic E-state index is 10.5. The van der Waals surface area contributed by atoms with Crippen LogP contribution in [0.5, 0.6) is 5.75 Å². The number of rotatable bonds is 4. The summed E-state index contributed by atoms with van der Waals surface area (Å²) in [5.41, 5.74) is 0.646. The van der Waals surface area contributed by atoms with Crippen LogP contribution in [0.4, 0.5) is 0 Å². The smallest absolute Gasteiger partial charge is 0.362 e. The van der Waals surface area contributed by atoms with Gasteiger partial charge in [-0.05, 0) is 18.1 Å². The SMILES string of the molecule is C#CCCc1ccccc1OS(=O)(=O)O. The molecule has 0 bridgehead atoms. The fraction of sp³-hybridized carbons (Fsp3) is 0.200. The van der Waals surface area contributed by atoms with Crippen LogP contribution in [-0.2, 0) is 16.8 Å². The first-order valence-corrected chi connectivity index (χ1v) is 5.57. The van der Waals surface area contributed by atoms with Crippen molar-refractivity contribution in [2.45, 2.75) is 12.8 Å². The number of hydrogen-bond acceptors (Lipinski definition) is 3. The highest BCUT2D eigenvalue weighted by Gasteiger charge is 2.10. The van der Waals surface area contributed by atoms with Gasteiger partial charge in [0.05, 0.1) is 0 Å². The molecule has 5 heteroatoms. The fourth-order valence-electron chi connectivity index (χ4n) is 1.11. The van der Waals surface area contributed by atoms with Crippen LogP contribution >= 0.6 is 0 Å². The summed E-state index contributed by atoms with van der Waals surface area (Å²) in [6.07, 6.45) is 6.08. The van der Waals surface area contributed by atoms with Crippen molar-refractivity contribution in [1.29, 1.82) is 0 Å². The molecule has 0 aromatic heterocycles. The molecule has 1 aromatic carbocycles. The highest BCUT2D eigenvalue weighted by molar-refractivity contribution is 7.81. The Balaban J connectivity index is 2.92. The summed E-state index contributed by atoms with van der Waals surface area (Å²) in [7, 11) is -4.48. The molecule has 0 aliphatic carbocycles. The van der Waals surface area contributed by atoms with E-state index in [0.717, 1.165) is 0 Å². The van der Waals surface area contributed by atoms with Crippen LogP contribution in [0, 0.1) is 12.3 Å². The highest BCUT2D eigenvalue weighted by atomic mass is 32.3. The molecule has 80 valence electrons. The Labute approximate surface area is 88.8 Å². The predicted octanol–water partition coefficient (Wildman–Crippen LogP) is 1.43. The van der Waals surface area contributed by atoms with Crippen molar-refractivity contribution in [2.75, 3.05) is 0 Å². The maximum Gasteiger partial charge on any atom is 0.446 e. The van der Waals surface area contributed by atoms with E-state index in [4.69, 9.17) is 11.0 Å². The Morgan fingerprint density at radius 3 is 2.67 bits per heavy atom. The molecule has 1 N–H and O–H groups in total. The van der Waals surface area contributed by atoms with Gasteiger partial charge < -0.3 is 4.18 Å². The summed E-state index contributed by atoms with van der Waals surface area (Å²) in [5.74, 6) is 2.55. The summed E-state index contributed by atoms with van der Waals surface area (Å²) in [6.45, 7) is 0.